The molecule has 0 aliphatic carbocycles. The molecule has 0 saturated heterocycles. The topological polar surface area (TPSA) is 43.6 Å². The Morgan fingerprint density at radius 2 is 1.57 bits per heavy atom. The SMILES string of the molecule is Clc1ccc(-n2c(-c3ccccc3Cl)nc3cnncc32)cc1. The second kappa shape index (κ2) is 5.65. The van der Waals surface area contributed by atoms with Gasteiger partial charge in [0, 0.05) is 16.3 Å². The number of halogens is 2. The Hall–Kier alpha value is -2.43. The van der Waals surface area contributed by atoms with Crippen LogP contribution in [0.5, 0.6) is 0 Å². The minimum absolute atomic E-state index is 0.638. The van der Waals surface area contributed by atoms with Crippen molar-refractivity contribution >= 4 is 34.2 Å². The van der Waals surface area contributed by atoms with Crippen LogP contribution >= 0.6 is 23.2 Å². The van der Waals surface area contributed by atoms with Gasteiger partial charge in [-0.2, -0.15) is 10.2 Å². The quantitative estimate of drug-likeness (QED) is 0.527. The summed E-state index contributed by atoms with van der Waals surface area (Å²) in [7, 11) is 0. The van der Waals surface area contributed by atoms with Crippen LogP contribution in [0.4, 0.5) is 0 Å². The van der Waals surface area contributed by atoms with Gasteiger partial charge in [-0.3, -0.25) is 4.57 Å². The fraction of sp³-hybridized carbons (Fsp3) is 0. The van der Waals surface area contributed by atoms with E-state index in [1.165, 1.54) is 0 Å². The summed E-state index contributed by atoms with van der Waals surface area (Å²) in [5.74, 6) is 0.739. The summed E-state index contributed by atoms with van der Waals surface area (Å²) in [6.45, 7) is 0. The molecule has 0 spiro atoms. The summed E-state index contributed by atoms with van der Waals surface area (Å²) in [6, 6.07) is 15.2. The summed E-state index contributed by atoms with van der Waals surface area (Å²) in [5.41, 5.74) is 3.39. The fourth-order valence-corrected chi connectivity index (χ4v) is 2.87. The molecule has 2 aromatic carbocycles. The van der Waals surface area contributed by atoms with Crippen molar-refractivity contribution < 1.29 is 0 Å². The number of imidazole rings is 1. The molecule has 0 unspecified atom stereocenters. The van der Waals surface area contributed by atoms with Gasteiger partial charge in [-0.1, -0.05) is 35.3 Å². The predicted octanol–water partition coefficient (Wildman–Crippen LogP) is 4.79. The highest BCUT2D eigenvalue weighted by atomic mass is 35.5. The largest absolute Gasteiger partial charge is 0.291 e. The zero-order valence-corrected chi connectivity index (χ0v) is 13.3. The lowest BCUT2D eigenvalue weighted by Gasteiger charge is -2.10. The number of benzene rings is 2. The van der Waals surface area contributed by atoms with E-state index >= 15 is 0 Å². The maximum absolute atomic E-state index is 6.37. The Bertz CT molecular complexity index is 993. The monoisotopic (exact) mass is 340 g/mol. The van der Waals surface area contributed by atoms with E-state index in [1.807, 2.05) is 53.1 Å². The van der Waals surface area contributed by atoms with E-state index in [4.69, 9.17) is 23.2 Å². The minimum atomic E-state index is 0.638. The van der Waals surface area contributed by atoms with Gasteiger partial charge >= 0.3 is 0 Å². The van der Waals surface area contributed by atoms with Gasteiger partial charge in [0.05, 0.1) is 22.9 Å². The molecular formula is C17H10Cl2N4. The van der Waals surface area contributed by atoms with E-state index in [1.54, 1.807) is 12.4 Å². The zero-order valence-electron chi connectivity index (χ0n) is 11.8. The van der Waals surface area contributed by atoms with Crippen molar-refractivity contribution in [2.24, 2.45) is 0 Å². The number of hydrogen-bond acceptors (Lipinski definition) is 3. The van der Waals surface area contributed by atoms with Crippen LogP contribution < -0.4 is 0 Å². The average Bonchev–Trinajstić information content (AvgIpc) is 2.95. The first-order chi connectivity index (χ1) is 11.2. The van der Waals surface area contributed by atoms with Crippen LogP contribution in [0, 0.1) is 0 Å². The number of rotatable bonds is 2. The van der Waals surface area contributed by atoms with E-state index < -0.39 is 0 Å². The first-order valence-corrected chi connectivity index (χ1v) is 7.69. The van der Waals surface area contributed by atoms with Gasteiger partial charge in [-0.05, 0) is 36.4 Å². The minimum Gasteiger partial charge on any atom is -0.291 e. The van der Waals surface area contributed by atoms with E-state index in [0.717, 1.165) is 28.1 Å². The Morgan fingerprint density at radius 1 is 0.826 bits per heavy atom. The second-order valence-corrected chi connectivity index (χ2v) is 5.83. The Morgan fingerprint density at radius 3 is 2.35 bits per heavy atom. The van der Waals surface area contributed by atoms with Crippen LogP contribution in [0.1, 0.15) is 0 Å². The maximum Gasteiger partial charge on any atom is 0.147 e. The van der Waals surface area contributed by atoms with Crippen molar-refractivity contribution in [1.29, 1.82) is 0 Å². The van der Waals surface area contributed by atoms with Gasteiger partial charge < -0.3 is 0 Å². The number of fused-ring (bicyclic) bond motifs is 1. The highest BCUT2D eigenvalue weighted by Crippen LogP contribution is 2.32. The zero-order chi connectivity index (χ0) is 15.8. The molecule has 23 heavy (non-hydrogen) atoms. The van der Waals surface area contributed by atoms with Gasteiger partial charge in [0.15, 0.2) is 0 Å². The van der Waals surface area contributed by atoms with Gasteiger partial charge in [-0.25, -0.2) is 4.98 Å². The molecule has 4 rings (SSSR count). The van der Waals surface area contributed by atoms with Gasteiger partial charge in [0.2, 0.25) is 0 Å². The highest BCUT2D eigenvalue weighted by Gasteiger charge is 2.16. The summed E-state index contributed by atoms with van der Waals surface area (Å²) in [4.78, 5) is 4.69. The van der Waals surface area contributed by atoms with Crippen LogP contribution in [0.15, 0.2) is 60.9 Å². The van der Waals surface area contributed by atoms with Gasteiger partial charge in [0.25, 0.3) is 0 Å². The summed E-state index contributed by atoms with van der Waals surface area (Å²) >= 11 is 12.4. The first kappa shape index (κ1) is 14.2. The van der Waals surface area contributed by atoms with E-state index in [0.29, 0.717) is 10.0 Å². The average molecular weight is 341 g/mol. The van der Waals surface area contributed by atoms with Crippen LogP contribution in [-0.2, 0) is 0 Å². The van der Waals surface area contributed by atoms with E-state index in [9.17, 15) is 0 Å². The third-order valence-corrected chi connectivity index (χ3v) is 4.15. The Kier molecular flexibility index (Phi) is 3.48. The third kappa shape index (κ3) is 2.46. The fourth-order valence-electron chi connectivity index (χ4n) is 2.52. The Labute approximate surface area is 142 Å². The summed E-state index contributed by atoms with van der Waals surface area (Å²) in [6.07, 6.45) is 3.33. The Balaban J connectivity index is 2.06. The molecule has 0 N–H and O–H groups in total. The molecule has 2 heterocycles. The normalized spacial score (nSPS) is 11.0. The van der Waals surface area contributed by atoms with Crippen LogP contribution in [-0.4, -0.2) is 19.7 Å². The molecule has 0 aliphatic rings. The second-order valence-electron chi connectivity index (χ2n) is 4.99. The number of hydrogen-bond donors (Lipinski definition) is 0. The molecule has 0 atom stereocenters. The van der Waals surface area contributed by atoms with Crippen LogP contribution in [0.3, 0.4) is 0 Å². The van der Waals surface area contributed by atoms with Crippen molar-refractivity contribution in [1.82, 2.24) is 19.7 Å². The van der Waals surface area contributed by atoms with Crippen molar-refractivity contribution in [3.63, 3.8) is 0 Å². The van der Waals surface area contributed by atoms with Crippen LogP contribution in [0.25, 0.3) is 28.1 Å². The number of nitrogens with zero attached hydrogens (tertiary/aromatic N) is 4. The lowest BCUT2D eigenvalue weighted by Crippen LogP contribution is -1.98. The van der Waals surface area contributed by atoms with E-state index in [2.05, 4.69) is 15.2 Å². The molecule has 0 aliphatic heterocycles. The van der Waals surface area contributed by atoms with Crippen molar-refractivity contribution in [2.75, 3.05) is 0 Å². The summed E-state index contributed by atoms with van der Waals surface area (Å²) < 4.78 is 2.00. The molecule has 0 amide bonds. The predicted molar refractivity (Wildman–Crippen MR) is 92.1 cm³/mol. The standard InChI is InChI=1S/C17H10Cl2N4/c18-11-5-7-12(8-6-11)23-16-10-21-20-9-15(16)22-17(23)13-3-1-2-4-14(13)19/h1-10H. The van der Waals surface area contributed by atoms with Crippen molar-refractivity contribution in [3.8, 4) is 17.1 Å². The van der Waals surface area contributed by atoms with Crippen LogP contribution in [0.2, 0.25) is 10.0 Å². The molecule has 0 radical (unpaired) electrons. The molecule has 4 nitrogen and oxygen atoms in total. The molecule has 112 valence electrons. The first-order valence-electron chi connectivity index (χ1n) is 6.94. The van der Waals surface area contributed by atoms with Gasteiger partial charge in [0.1, 0.15) is 11.3 Å². The van der Waals surface area contributed by atoms with E-state index in [-0.39, 0.29) is 0 Å². The van der Waals surface area contributed by atoms with Crippen molar-refractivity contribution in [3.05, 3.63) is 71.0 Å². The maximum atomic E-state index is 6.37. The number of aromatic nitrogens is 4. The lowest BCUT2D eigenvalue weighted by molar-refractivity contribution is 1.03. The molecule has 4 aromatic rings. The molecule has 2 aromatic heterocycles. The van der Waals surface area contributed by atoms with Crippen molar-refractivity contribution in [2.45, 2.75) is 0 Å². The molecule has 0 saturated carbocycles. The van der Waals surface area contributed by atoms with Gasteiger partial charge in [-0.15, -0.1) is 0 Å². The molecule has 6 heteroatoms. The third-order valence-electron chi connectivity index (χ3n) is 3.57. The highest BCUT2D eigenvalue weighted by molar-refractivity contribution is 6.33. The summed E-state index contributed by atoms with van der Waals surface area (Å²) in [5, 5.41) is 9.20. The smallest absolute Gasteiger partial charge is 0.147 e. The molecule has 0 fully saturated rings. The lowest BCUT2D eigenvalue weighted by atomic mass is 10.2. The molecule has 0 bridgehead atoms. The molecular weight excluding hydrogens is 331 g/mol.